The lowest BCUT2D eigenvalue weighted by Gasteiger charge is -2.05. The maximum atomic E-state index is 12.6. The van der Waals surface area contributed by atoms with E-state index >= 15 is 0 Å². The van der Waals surface area contributed by atoms with Gasteiger partial charge in [0.2, 0.25) is 6.79 Å². The van der Waals surface area contributed by atoms with Gasteiger partial charge < -0.3 is 28.7 Å². The third-order valence-corrected chi connectivity index (χ3v) is 4.28. The van der Waals surface area contributed by atoms with Crippen molar-refractivity contribution >= 4 is 11.6 Å². The zero-order chi connectivity index (χ0) is 19.5. The maximum Gasteiger partial charge on any atom is 0.259 e. The van der Waals surface area contributed by atoms with Crippen molar-refractivity contribution in [2.45, 2.75) is 13.5 Å². The van der Waals surface area contributed by atoms with Crippen LogP contribution in [0.15, 0.2) is 52.9 Å². The van der Waals surface area contributed by atoms with Gasteiger partial charge in [0.1, 0.15) is 29.6 Å². The van der Waals surface area contributed by atoms with Crippen molar-refractivity contribution in [2.24, 2.45) is 0 Å². The first-order valence-corrected chi connectivity index (χ1v) is 8.69. The van der Waals surface area contributed by atoms with Gasteiger partial charge in [-0.15, -0.1) is 0 Å². The standard InChI is InChI=1S/C21H19NO6/c1-13-18(21(23)22-14-3-8-19-20(9-14)27-12-26-19)10-17(28-13)11-25-16-6-4-15(24-2)5-7-16/h3-10H,11-12H2,1-2H3,(H,22,23). The molecule has 0 spiro atoms. The highest BCUT2D eigenvalue weighted by atomic mass is 16.7. The number of fused-ring (bicyclic) bond motifs is 1. The fourth-order valence-corrected chi connectivity index (χ4v) is 2.84. The lowest BCUT2D eigenvalue weighted by atomic mass is 10.2. The van der Waals surface area contributed by atoms with Gasteiger partial charge in [0.25, 0.3) is 5.91 Å². The van der Waals surface area contributed by atoms with Crippen LogP contribution in [0.2, 0.25) is 0 Å². The monoisotopic (exact) mass is 381 g/mol. The van der Waals surface area contributed by atoms with Crippen molar-refractivity contribution in [3.8, 4) is 23.0 Å². The average Bonchev–Trinajstić information content (AvgIpc) is 3.32. The summed E-state index contributed by atoms with van der Waals surface area (Å²) in [5.41, 5.74) is 1.07. The van der Waals surface area contributed by atoms with Crippen molar-refractivity contribution in [3.63, 3.8) is 0 Å². The highest BCUT2D eigenvalue weighted by Gasteiger charge is 2.18. The number of carbonyl (C=O) groups excluding carboxylic acids is 1. The molecule has 0 unspecified atom stereocenters. The highest BCUT2D eigenvalue weighted by Crippen LogP contribution is 2.34. The van der Waals surface area contributed by atoms with Gasteiger partial charge in [-0.3, -0.25) is 4.79 Å². The number of anilines is 1. The van der Waals surface area contributed by atoms with E-state index in [2.05, 4.69) is 5.32 Å². The summed E-state index contributed by atoms with van der Waals surface area (Å²) in [5, 5.41) is 2.84. The van der Waals surface area contributed by atoms with Gasteiger partial charge in [0.15, 0.2) is 11.5 Å². The zero-order valence-corrected chi connectivity index (χ0v) is 15.5. The fraction of sp³-hybridized carbons (Fsp3) is 0.190. The first-order valence-electron chi connectivity index (χ1n) is 8.69. The molecule has 0 atom stereocenters. The molecular formula is C21H19NO6. The Kier molecular flexibility index (Phi) is 4.80. The van der Waals surface area contributed by atoms with Crippen molar-refractivity contribution in [1.82, 2.24) is 0 Å². The first kappa shape index (κ1) is 17.8. The molecule has 28 heavy (non-hydrogen) atoms. The number of furan rings is 1. The first-order chi connectivity index (χ1) is 13.6. The van der Waals surface area contributed by atoms with Crippen LogP contribution in [0.5, 0.6) is 23.0 Å². The number of carbonyl (C=O) groups is 1. The predicted molar refractivity (Wildman–Crippen MR) is 101 cm³/mol. The zero-order valence-electron chi connectivity index (χ0n) is 15.5. The maximum absolute atomic E-state index is 12.6. The van der Waals surface area contributed by atoms with Crippen LogP contribution in [0.3, 0.4) is 0 Å². The largest absolute Gasteiger partial charge is 0.497 e. The molecule has 1 aliphatic heterocycles. The van der Waals surface area contributed by atoms with E-state index in [-0.39, 0.29) is 19.3 Å². The Hall–Kier alpha value is -3.61. The summed E-state index contributed by atoms with van der Waals surface area (Å²) >= 11 is 0. The van der Waals surface area contributed by atoms with Gasteiger partial charge >= 0.3 is 0 Å². The molecule has 7 nitrogen and oxygen atoms in total. The van der Waals surface area contributed by atoms with Crippen LogP contribution < -0.4 is 24.3 Å². The molecule has 0 saturated heterocycles. The van der Waals surface area contributed by atoms with E-state index in [9.17, 15) is 4.79 Å². The fourth-order valence-electron chi connectivity index (χ4n) is 2.84. The molecule has 1 N–H and O–H groups in total. The number of methoxy groups -OCH3 is 1. The second kappa shape index (κ2) is 7.56. The molecule has 2 heterocycles. The Bertz CT molecular complexity index is 993. The lowest BCUT2D eigenvalue weighted by Crippen LogP contribution is -2.12. The van der Waals surface area contributed by atoms with Gasteiger partial charge in [0.05, 0.1) is 12.7 Å². The Balaban J connectivity index is 1.41. The lowest BCUT2D eigenvalue weighted by molar-refractivity contribution is 0.102. The van der Waals surface area contributed by atoms with Gasteiger partial charge in [0, 0.05) is 11.8 Å². The number of hydrogen-bond donors (Lipinski definition) is 1. The summed E-state index contributed by atoms with van der Waals surface area (Å²) in [4.78, 5) is 12.6. The van der Waals surface area contributed by atoms with E-state index in [1.54, 1.807) is 38.3 Å². The Morgan fingerprint density at radius 2 is 1.79 bits per heavy atom. The van der Waals surface area contributed by atoms with Crippen molar-refractivity contribution < 1.29 is 28.2 Å². The number of nitrogens with one attached hydrogen (secondary N) is 1. The molecule has 7 heteroatoms. The van der Waals surface area contributed by atoms with E-state index in [1.165, 1.54) is 0 Å². The minimum atomic E-state index is -0.268. The second-order valence-electron chi connectivity index (χ2n) is 6.17. The number of benzene rings is 2. The van der Waals surface area contributed by atoms with Crippen LogP contribution in [-0.4, -0.2) is 19.8 Å². The highest BCUT2D eigenvalue weighted by molar-refractivity contribution is 6.05. The number of ether oxygens (including phenoxy) is 4. The topological polar surface area (TPSA) is 79.2 Å². The Morgan fingerprint density at radius 1 is 1.04 bits per heavy atom. The molecule has 0 fully saturated rings. The summed E-state index contributed by atoms with van der Waals surface area (Å²) in [6, 6.07) is 14.2. The summed E-state index contributed by atoms with van der Waals surface area (Å²) < 4.78 is 27.1. The number of hydrogen-bond acceptors (Lipinski definition) is 6. The van der Waals surface area contributed by atoms with Crippen LogP contribution in [0, 0.1) is 6.92 Å². The van der Waals surface area contributed by atoms with Crippen molar-refractivity contribution in [1.29, 1.82) is 0 Å². The van der Waals surface area contributed by atoms with Gasteiger partial charge in [-0.05, 0) is 49.4 Å². The molecule has 0 radical (unpaired) electrons. The molecule has 4 rings (SSSR count). The smallest absolute Gasteiger partial charge is 0.259 e. The van der Waals surface area contributed by atoms with Crippen LogP contribution in [-0.2, 0) is 6.61 Å². The van der Waals surface area contributed by atoms with Crippen LogP contribution in [0.1, 0.15) is 21.9 Å². The Labute approximate surface area is 161 Å². The number of rotatable bonds is 6. The Morgan fingerprint density at radius 3 is 2.57 bits per heavy atom. The number of aryl methyl sites for hydroxylation is 1. The van der Waals surface area contributed by atoms with Crippen LogP contribution in [0.4, 0.5) is 5.69 Å². The molecule has 0 bridgehead atoms. The van der Waals surface area contributed by atoms with Crippen LogP contribution >= 0.6 is 0 Å². The van der Waals surface area contributed by atoms with E-state index in [0.29, 0.717) is 40.0 Å². The summed E-state index contributed by atoms with van der Waals surface area (Å²) in [5.74, 6) is 3.52. The van der Waals surface area contributed by atoms with Crippen LogP contribution in [0.25, 0.3) is 0 Å². The van der Waals surface area contributed by atoms with E-state index in [1.807, 2.05) is 24.3 Å². The molecule has 1 aliphatic rings. The van der Waals surface area contributed by atoms with Crippen molar-refractivity contribution in [3.05, 3.63) is 65.6 Å². The summed E-state index contributed by atoms with van der Waals surface area (Å²) in [6.45, 7) is 2.14. The minimum absolute atomic E-state index is 0.186. The summed E-state index contributed by atoms with van der Waals surface area (Å²) in [6.07, 6.45) is 0. The second-order valence-corrected chi connectivity index (χ2v) is 6.17. The normalized spacial score (nSPS) is 11.9. The third kappa shape index (κ3) is 3.73. The molecule has 144 valence electrons. The quantitative estimate of drug-likeness (QED) is 0.691. The van der Waals surface area contributed by atoms with E-state index in [4.69, 9.17) is 23.4 Å². The average molecular weight is 381 g/mol. The SMILES string of the molecule is COc1ccc(OCc2cc(C(=O)Nc3ccc4c(c3)OCO4)c(C)o2)cc1. The molecule has 1 amide bonds. The molecule has 3 aromatic rings. The molecule has 0 saturated carbocycles. The summed E-state index contributed by atoms with van der Waals surface area (Å²) in [7, 11) is 1.61. The molecule has 1 aromatic heterocycles. The molecule has 2 aromatic carbocycles. The third-order valence-electron chi connectivity index (χ3n) is 4.28. The van der Waals surface area contributed by atoms with Crippen molar-refractivity contribution in [2.75, 3.05) is 19.2 Å². The number of amides is 1. The van der Waals surface area contributed by atoms with Gasteiger partial charge in [-0.1, -0.05) is 0 Å². The minimum Gasteiger partial charge on any atom is -0.497 e. The van der Waals surface area contributed by atoms with Gasteiger partial charge in [-0.25, -0.2) is 0 Å². The molecule has 0 aliphatic carbocycles. The van der Waals surface area contributed by atoms with E-state index < -0.39 is 0 Å². The van der Waals surface area contributed by atoms with Gasteiger partial charge in [-0.2, -0.15) is 0 Å². The predicted octanol–water partition coefficient (Wildman–Crippen LogP) is 4.16. The molecular weight excluding hydrogens is 362 g/mol. The van der Waals surface area contributed by atoms with E-state index in [0.717, 1.165) is 5.75 Å².